The predicted molar refractivity (Wildman–Crippen MR) is 92.2 cm³/mol. The van der Waals surface area contributed by atoms with Crippen molar-refractivity contribution in [3.63, 3.8) is 0 Å². The first kappa shape index (κ1) is 17.5. The molecule has 0 saturated heterocycles. The summed E-state index contributed by atoms with van der Waals surface area (Å²) in [4.78, 5) is 29.5. The molecule has 24 heavy (non-hydrogen) atoms. The monoisotopic (exact) mass is 327 g/mol. The van der Waals surface area contributed by atoms with Crippen molar-refractivity contribution in [2.24, 2.45) is 0 Å². The van der Waals surface area contributed by atoms with Gasteiger partial charge in [0.25, 0.3) is 5.91 Å². The van der Waals surface area contributed by atoms with E-state index in [1.165, 1.54) is 14.0 Å². The minimum atomic E-state index is -0.219. The predicted octanol–water partition coefficient (Wildman–Crippen LogP) is 2.36. The SMILES string of the molecule is COc1ccc(C(=O)N(C)CCc2ccncc2)cc1NC(C)=O. The number of aromatic nitrogens is 1. The maximum Gasteiger partial charge on any atom is 0.253 e. The number of rotatable bonds is 6. The molecule has 0 saturated carbocycles. The van der Waals surface area contributed by atoms with Gasteiger partial charge in [0.1, 0.15) is 5.75 Å². The quantitative estimate of drug-likeness (QED) is 0.884. The van der Waals surface area contributed by atoms with Crippen molar-refractivity contribution < 1.29 is 14.3 Å². The second kappa shape index (κ2) is 8.10. The largest absolute Gasteiger partial charge is 0.495 e. The second-order valence-corrected chi connectivity index (χ2v) is 5.43. The molecule has 0 fully saturated rings. The van der Waals surface area contributed by atoms with Crippen LogP contribution in [0.1, 0.15) is 22.8 Å². The normalized spacial score (nSPS) is 10.1. The van der Waals surface area contributed by atoms with Gasteiger partial charge in [0, 0.05) is 38.5 Å². The Morgan fingerprint density at radius 2 is 1.92 bits per heavy atom. The van der Waals surface area contributed by atoms with Gasteiger partial charge in [-0.15, -0.1) is 0 Å². The number of benzene rings is 1. The lowest BCUT2D eigenvalue weighted by Gasteiger charge is -2.18. The lowest BCUT2D eigenvalue weighted by atomic mass is 10.1. The molecule has 6 heteroatoms. The summed E-state index contributed by atoms with van der Waals surface area (Å²) in [7, 11) is 3.27. The average Bonchev–Trinajstić information content (AvgIpc) is 2.59. The molecule has 1 heterocycles. The zero-order valence-corrected chi connectivity index (χ0v) is 14.1. The third-order valence-corrected chi connectivity index (χ3v) is 3.59. The molecule has 2 rings (SSSR count). The Hall–Kier alpha value is -2.89. The topological polar surface area (TPSA) is 71.5 Å². The third-order valence-electron chi connectivity index (χ3n) is 3.59. The molecular formula is C18H21N3O3. The summed E-state index contributed by atoms with van der Waals surface area (Å²) in [6.07, 6.45) is 4.22. The van der Waals surface area contributed by atoms with Gasteiger partial charge < -0.3 is 15.0 Å². The number of anilines is 1. The first-order valence-electron chi connectivity index (χ1n) is 7.61. The van der Waals surface area contributed by atoms with Crippen LogP contribution in [0.15, 0.2) is 42.7 Å². The summed E-state index contributed by atoms with van der Waals surface area (Å²) in [6, 6.07) is 8.86. The molecule has 0 atom stereocenters. The van der Waals surface area contributed by atoms with E-state index >= 15 is 0 Å². The number of carbonyl (C=O) groups is 2. The molecule has 6 nitrogen and oxygen atoms in total. The molecule has 1 aromatic heterocycles. The summed E-state index contributed by atoms with van der Waals surface area (Å²) in [5, 5.41) is 2.67. The number of likely N-dealkylation sites (N-methyl/N-ethyl adjacent to an activating group) is 1. The van der Waals surface area contributed by atoms with Gasteiger partial charge in [-0.1, -0.05) is 0 Å². The maximum atomic E-state index is 12.6. The molecule has 2 amide bonds. The molecule has 0 radical (unpaired) electrons. The molecule has 0 aliphatic carbocycles. The van der Waals surface area contributed by atoms with Crippen molar-refractivity contribution in [2.75, 3.05) is 26.0 Å². The Kier molecular flexibility index (Phi) is 5.89. The van der Waals surface area contributed by atoms with Gasteiger partial charge in [-0.25, -0.2) is 0 Å². The van der Waals surface area contributed by atoms with Gasteiger partial charge in [0.05, 0.1) is 12.8 Å². The van der Waals surface area contributed by atoms with Crippen molar-refractivity contribution in [1.82, 2.24) is 9.88 Å². The summed E-state index contributed by atoms with van der Waals surface area (Å²) in [5.74, 6) is 0.184. The van der Waals surface area contributed by atoms with Gasteiger partial charge in [0.15, 0.2) is 0 Å². The number of ether oxygens (including phenoxy) is 1. The standard InChI is InChI=1S/C18H21N3O3/c1-13(22)20-16-12-15(4-5-17(16)24-3)18(23)21(2)11-8-14-6-9-19-10-7-14/h4-7,9-10,12H,8,11H2,1-3H3,(H,20,22). The molecule has 1 N–H and O–H groups in total. The number of nitrogens with one attached hydrogen (secondary N) is 1. The summed E-state index contributed by atoms with van der Waals surface area (Å²) >= 11 is 0. The summed E-state index contributed by atoms with van der Waals surface area (Å²) < 4.78 is 5.20. The number of pyridine rings is 1. The van der Waals surface area contributed by atoms with E-state index in [2.05, 4.69) is 10.3 Å². The zero-order chi connectivity index (χ0) is 17.5. The maximum absolute atomic E-state index is 12.6. The van der Waals surface area contributed by atoms with Crippen LogP contribution in [0.25, 0.3) is 0 Å². The van der Waals surface area contributed by atoms with Crippen molar-refractivity contribution in [3.05, 3.63) is 53.9 Å². The molecule has 0 aliphatic heterocycles. The van der Waals surface area contributed by atoms with Crippen LogP contribution in [-0.2, 0) is 11.2 Å². The fourth-order valence-corrected chi connectivity index (χ4v) is 2.30. The Balaban J connectivity index is 2.09. The fraction of sp³-hybridized carbons (Fsp3) is 0.278. The van der Waals surface area contributed by atoms with Gasteiger partial charge in [-0.05, 0) is 42.3 Å². The highest BCUT2D eigenvalue weighted by Crippen LogP contribution is 2.26. The smallest absolute Gasteiger partial charge is 0.253 e. The van der Waals surface area contributed by atoms with E-state index in [1.54, 1.807) is 42.5 Å². The highest BCUT2D eigenvalue weighted by atomic mass is 16.5. The first-order chi connectivity index (χ1) is 11.5. The molecule has 2 aromatic rings. The van der Waals surface area contributed by atoms with E-state index in [-0.39, 0.29) is 11.8 Å². The van der Waals surface area contributed by atoms with Crippen LogP contribution in [0.3, 0.4) is 0 Å². The van der Waals surface area contributed by atoms with Gasteiger partial charge in [0.2, 0.25) is 5.91 Å². The number of methoxy groups -OCH3 is 1. The lowest BCUT2D eigenvalue weighted by Crippen LogP contribution is -2.29. The van der Waals surface area contributed by atoms with E-state index in [9.17, 15) is 9.59 Å². The van der Waals surface area contributed by atoms with Gasteiger partial charge in [-0.2, -0.15) is 0 Å². The number of hydrogen-bond acceptors (Lipinski definition) is 4. The van der Waals surface area contributed by atoms with Crippen molar-refractivity contribution in [2.45, 2.75) is 13.3 Å². The second-order valence-electron chi connectivity index (χ2n) is 5.43. The van der Waals surface area contributed by atoms with Crippen LogP contribution >= 0.6 is 0 Å². The summed E-state index contributed by atoms with van der Waals surface area (Å²) in [5.41, 5.74) is 2.11. The Bertz CT molecular complexity index is 717. The van der Waals surface area contributed by atoms with E-state index in [1.807, 2.05) is 12.1 Å². The van der Waals surface area contributed by atoms with Crippen molar-refractivity contribution in [1.29, 1.82) is 0 Å². The molecule has 1 aromatic carbocycles. The Morgan fingerprint density at radius 3 is 2.54 bits per heavy atom. The van der Waals surface area contributed by atoms with Crippen LogP contribution < -0.4 is 10.1 Å². The molecule has 0 unspecified atom stereocenters. The van der Waals surface area contributed by atoms with Crippen molar-refractivity contribution in [3.8, 4) is 5.75 Å². The van der Waals surface area contributed by atoms with Crippen LogP contribution in [0.2, 0.25) is 0 Å². The highest BCUT2D eigenvalue weighted by molar-refractivity contribution is 5.97. The molecule has 126 valence electrons. The molecule has 0 spiro atoms. The number of amides is 2. The minimum Gasteiger partial charge on any atom is -0.495 e. The minimum absolute atomic E-state index is 0.113. The van der Waals surface area contributed by atoms with Crippen LogP contribution in [-0.4, -0.2) is 42.4 Å². The van der Waals surface area contributed by atoms with E-state index in [4.69, 9.17) is 4.74 Å². The Morgan fingerprint density at radius 1 is 1.21 bits per heavy atom. The number of hydrogen-bond donors (Lipinski definition) is 1. The third kappa shape index (κ3) is 4.55. The van der Waals surface area contributed by atoms with Crippen molar-refractivity contribution >= 4 is 17.5 Å². The first-order valence-corrected chi connectivity index (χ1v) is 7.61. The van der Waals surface area contributed by atoms with Gasteiger partial charge in [-0.3, -0.25) is 14.6 Å². The van der Waals surface area contributed by atoms with Crippen LogP contribution in [0, 0.1) is 0 Å². The Labute approximate surface area is 141 Å². The van der Waals surface area contributed by atoms with E-state index < -0.39 is 0 Å². The average molecular weight is 327 g/mol. The van der Waals surface area contributed by atoms with E-state index in [0.29, 0.717) is 23.5 Å². The number of nitrogens with zero attached hydrogens (tertiary/aromatic N) is 2. The van der Waals surface area contributed by atoms with Crippen LogP contribution in [0.5, 0.6) is 5.75 Å². The fourth-order valence-electron chi connectivity index (χ4n) is 2.30. The lowest BCUT2D eigenvalue weighted by molar-refractivity contribution is -0.114. The zero-order valence-electron chi connectivity index (χ0n) is 14.1. The molecule has 0 bridgehead atoms. The van der Waals surface area contributed by atoms with Crippen LogP contribution in [0.4, 0.5) is 5.69 Å². The number of carbonyl (C=O) groups excluding carboxylic acids is 2. The van der Waals surface area contributed by atoms with Gasteiger partial charge >= 0.3 is 0 Å². The molecular weight excluding hydrogens is 306 g/mol. The molecule has 0 aliphatic rings. The summed E-state index contributed by atoms with van der Waals surface area (Å²) in [6.45, 7) is 2.00. The van der Waals surface area contributed by atoms with E-state index in [0.717, 1.165) is 12.0 Å². The highest BCUT2D eigenvalue weighted by Gasteiger charge is 2.15.